The van der Waals surface area contributed by atoms with Crippen molar-refractivity contribution >= 4 is 5.91 Å². The molecule has 1 amide bonds. The third kappa shape index (κ3) is 7.22. The summed E-state index contributed by atoms with van der Waals surface area (Å²) < 4.78 is 5.43. The van der Waals surface area contributed by atoms with E-state index in [0.717, 1.165) is 19.4 Å². The summed E-state index contributed by atoms with van der Waals surface area (Å²) in [6, 6.07) is 0.538. The van der Waals surface area contributed by atoms with Gasteiger partial charge in [0.15, 0.2) is 0 Å². The fraction of sp³-hybridized carbons (Fsp3) is 0.933. The Morgan fingerprint density at radius 3 is 2.70 bits per heavy atom. The van der Waals surface area contributed by atoms with Crippen LogP contribution in [0.4, 0.5) is 0 Å². The molecule has 0 unspecified atom stereocenters. The van der Waals surface area contributed by atoms with Gasteiger partial charge in [0, 0.05) is 32.3 Å². The topological polar surface area (TPSA) is 61.8 Å². The van der Waals surface area contributed by atoms with Crippen molar-refractivity contribution in [1.82, 2.24) is 10.2 Å². The first kappa shape index (κ1) is 17.4. The Morgan fingerprint density at radius 1 is 1.40 bits per heavy atom. The maximum Gasteiger partial charge on any atom is 0.234 e. The van der Waals surface area contributed by atoms with Crippen molar-refractivity contribution in [3.8, 4) is 0 Å². The lowest BCUT2D eigenvalue weighted by Crippen LogP contribution is -2.46. The zero-order chi connectivity index (χ0) is 14.8. The quantitative estimate of drug-likeness (QED) is 0.559. The summed E-state index contributed by atoms with van der Waals surface area (Å²) in [5.74, 6) is 0.0828. The van der Waals surface area contributed by atoms with Gasteiger partial charge >= 0.3 is 0 Å². The number of nitrogens with zero attached hydrogens (tertiary/aromatic N) is 1. The van der Waals surface area contributed by atoms with Crippen molar-refractivity contribution in [3.05, 3.63) is 0 Å². The van der Waals surface area contributed by atoms with Gasteiger partial charge < -0.3 is 15.2 Å². The molecule has 0 aliphatic heterocycles. The molecule has 0 aromatic rings. The lowest BCUT2D eigenvalue weighted by atomic mass is 9.91. The molecule has 0 radical (unpaired) electrons. The highest BCUT2D eigenvalue weighted by Gasteiger charge is 2.25. The minimum atomic E-state index is 0.0828. The first-order chi connectivity index (χ1) is 9.63. The largest absolute Gasteiger partial charge is 0.396 e. The highest BCUT2D eigenvalue weighted by Crippen LogP contribution is 2.24. The molecule has 0 aromatic heterocycles. The Bertz CT molecular complexity index is 268. The van der Waals surface area contributed by atoms with Gasteiger partial charge in [0.25, 0.3) is 0 Å². The molecule has 5 nitrogen and oxygen atoms in total. The number of hydrogen-bond acceptors (Lipinski definition) is 4. The molecule has 118 valence electrons. The van der Waals surface area contributed by atoms with E-state index < -0.39 is 0 Å². The van der Waals surface area contributed by atoms with E-state index in [1.54, 1.807) is 0 Å². The zero-order valence-corrected chi connectivity index (χ0v) is 12.9. The van der Waals surface area contributed by atoms with Gasteiger partial charge in [-0.1, -0.05) is 6.42 Å². The number of rotatable bonds is 11. The van der Waals surface area contributed by atoms with Gasteiger partial charge in [0.1, 0.15) is 0 Å². The predicted octanol–water partition coefficient (Wildman–Crippen LogP) is 1.15. The van der Waals surface area contributed by atoms with Gasteiger partial charge in [-0.2, -0.15) is 0 Å². The Hall–Kier alpha value is -0.650. The highest BCUT2D eigenvalue weighted by atomic mass is 16.5. The molecule has 0 spiro atoms. The van der Waals surface area contributed by atoms with E-state index in [4.69, 9.17) is 9.84 Å². The van der Waals surface area contributed by atoms with Crippen molar-refractivity contribution in [2.24, 2.45) is 0 Å². The molecule has 20 heavy (non-hydrogen) atoms. The normalized spacial score (nSPS) is 15.7. The van der Waals surface area contributed by atoms with Crippen LogP contribution in [0.15, 0.2) is 0 Å². The van der Waals surface area contributed by atoms with E-state index in [1.165, 1.54) is 19.3 Å². The molecule has 0 heterocycles. The van der Waals surface area contributed by atoms with Crippen LogP contribution < -0.4 is 5.32 Å². The van der Waals surface area contributed by atoms with Gasteiger partial charge in [0.2, 0.25) is 5.91 Å². The number of hydrogen-bond donors (Lipinski definition) is 2. The second-order valence-electron chi connectivity index (χ2n) is 5.76. The second-order valence-corrected chi connectivity index (χ2v) is 5.76. The lowest BCUT2D eigenvalue weighted by Gasteiger charge is -2.37. The minimum absolute atomic E-state index is 0.0828. The molecule has 1 rings (SSSR count). The van der Waals surface area contributed by atoms with Crippen LogP contribution in [0, 0.1) is 0 Å². The van der Waals surface area contributed by atoms with Crippen molar-refractivity contribution in [2.75, 3.05) is 32.8 Å². The molecule has 2 N–H and O–H groups in total. The molecule has 0 atom stereocenters. The average Bonchev–Trinajstić information content (AvgIpc) is 2.33. The van der Waals surface area contributed by atoms with Gasteiger partial charge in [-0.3, -0.25) is 9.69 Å². The van der Waals surface area contributed by atoms with Crippen LogP contribution in [-0.4, -0.2) is 60.9 Å². The van der Waals surface area contributed by atoms with E-state index in [-0.39, 0.29) is 18.6 Å². The number of aliphatic hydroxyl groups is 1. The number of carbonyl (C=O) groups excluding carboxylic acids is 1. The smallest absolute Gasteiger partial charge is 0.234 e. The maximum absolute atomic E-state index is 11.9. The predicted molar refractivity (Wildman–Crippen MR) is 79.6 cm³/mol. The average molecular weight is 286 g/mol. The molecule has 0 aromatic carbocycles. The molecule has 1 aliphatic rings. The molecule has 1 fully saturated rings. The standard InChI is InChI=1S/C15H30N2O3/c1-13(2)20-11-4-8-16-15(19)12-17(9-5-10-18)14-6-3-7-14/h13-14,18H,3-12H2,1-2H3,(H,16,19). The summed E-state index contributed by atoms with van der Waals surface area (Å²) in [4.78, 5) is 14.1. The van der Waals surface area contributed by atoms with Crippen LogP contribution in [0.25, 0.3) is 0 Å². The molecule has 5 heteroatoms. The van der Waals surface area contributed by atoms with Crippen LogP contribution >= 0.6 is 0 Å². The van der Waals surface area contributed by atoms with Gasteiger partial charge in [-0.25, -0.2) is 0 Å². The fourth-order valence-electron chi connectivity index (χ4n) is 2.28. The van der Waals surface area contributed by atoms with E-state index in [2.05, 4.69) is 10.2 Å². The number of amides is 1. The fourth-order valence-corrected chi connectivity index (χ4v) is 2.28. The molecule has 1 aliphatic carbocycles. The Morgan fingerprint density at radius 2 is 2.15 bits per heavy atom. The number of ether oxygens (including phenoxy) is 1. The molecular weight excluding hydrogens is 256 g/mol. The minimum Gasteiger partial charge on any atom is -0.396 e. The third-order valence-corrected chi connectivity index (χ3v) is 3.64. The van der Waals surface area contributed by atoms with Crippen LogP contribution in [-0.2, 0) is 9.53 Å². The Balaban J connectivity index is 2.13. The number of aliphatic hydroxyl groups excluding tert-OH is 1. The first-order valence-corrected chi connectivity index (χ1v) is 7.86. The van der Waals surface area contributed by atoms with Gasteiger partial charge in [-0.05, 0) is 39.5 Å². The van der Waals surface area contributed by atoms with E-state index >= 15 is 0 Å². The summed E-state index contributed by atoms with van der Waals surface area (Å²) in [5, 5.41) is 11.9. The lowest BCUT2D eigenvalue weighted by molar-refractivity contribution is -0.123. The Labute approximate surface area is 122 Å². The molecule has 1 saturated carbocycles. The van der Waals surface area contributed by atoms with E-state index in [1.807, 2.05) is 13.8 Å². The summed E-state index contributed by atoms with van der Waals surface area (Å²) in [6.45, 7) is 6.84. The molecular formula is C15H30N2O3. The summed E-state index contributed by atoms with van der Waals surface area (Å²) in [6.07, 6.45) is 5.46. The summed E-state index contributed by atoms with van der Waals surface area (Å²) >= 11 is 0. The number of carbonyl (C=O) groups is 1. The van der Waals surface area contributed by atoms with E-state index in [9.17, 15) is 4.79 Å². The zero-order valence-electron chi connectivity index (χ0n) is 12.9. The SMILES string of the molecule is CC(C)OCCCNC(=O)CN(CCCO)C1CCC1. The van der Waals surface area contributed by atoms with Crippen molar-refractivity contribution in [2.45, 2.75) is 58.1 Å². The van der Waals surface area contributed by atoms with Crippen LogP contribution in [0.2, 0.25) is 0 Å². The van der Waals surface area contributed by atoms with Gasteiger partial charge in [-0.15, -0.1) is 0 Å². The van der Waals surface area contributed by atoms with Crippen LogP contribution in [0.1, 0.15) is 46.0 Å². The Kier molecular flexibility index (Phi) is 8.82. The van der Waals surface area contributed by atoms with E-state index in [0.29, 0.717) is 25.7 Å². The third-order valence-electron chi connectivity index (χ3n) is 3.64. The van der Waals surface area contributed by atoms with Crippen molar-refractivity contribution in [3.63, 3.8) is 0 Å². The van der Waals surface area contributed by atoms with Crippen molar-refractivity contribution in [1.29, 1.82) is 0 Å². The summed E-state index contributed by atoms with van der Waals surface area (Å²) in [5.41, 5.74) is 0. The maximum atomic E-state index is 11.9. The highest BCUT2D eigenvalue weighted by molar-refractivity contribution is 5.78. The van der Waals surface area contributed by atoms with Crippen LogP contribution in [0.5, 0.6) is 0 Å². The molecule has 0 saturated heterocycles. The monoisotopic (exact) mass is 286 g/mol. The van der Waals surface area contributed by atoms with Crippen molar-refractivity contribution < 1.29 is 14.6 Å². The van der Waals surface area contributed by atoms with Crippen LogP contribution in [0.3, 0.4) is 0 Å². The first-order valence-electron chi connectivity index (χ1n) is 7.86. The number of nitrogens with one attached hydrogen (secondary N) is 1. The molecule has 0 bridgehead atoms. The summed E-state index contributed by atoms with van der Waals surface area (Å²) in [7, 11) is 0. The second kappa shape index (κ2) is 10.1. The van der Waals surface area contributed by atoms with Gasteiger partial charge in [0.05, 0.1) is 12.6 Å².